The molecule has 2 aromatic carbocycles. The zero-order chi connectivity index (χ0) is 22.9. The summed E-state index contributed by atoms with van der Waals surface area (Å²) in [5, 5.41) is 3.38. The van der Waals surface area contributed by atoms with Crippen molar-refractivity contribution >= 4 is 33.2 Å². The fourth-order valence-corrected chi connectivity index (χ4v) is 4.48. The first-order chi connectivity index (χ1) is 14.7. The molecule has 8 heteroatoms. The van der Waals surface area contributed by atoms with Gasteiger partial charge in [-0.15, -0.1) is 0 Å². The molecular formula is C23H31ClN2O4S. The summed E-state index contributed by atoms with van der Waals surface area (Å²) in [5.41, 5.74) is 2.48. The standard InChI is InChI=1S/C23H31ClN2O4S/c1-4-30-22-11-6-5-9-19(22)10-7-15-25-23(27)12-8-16-26(31(3,28)29)21-17-20(24)14-13-18(21)2/h5-6,9,11,13-14,17H,4,7-8,10,12,15-16H2,1-3H3,(H,25,27). The van der Waals surface area contributed by atoms with Crippen LogP contribution >= 0.6 is 11.6 Å². The summed E-state index contributed by atoms with van der Waals surface area (Å²) in [6.45, 7) is 5.18. The summed E-state index contributed by atoms with van der Waals surface area (Å²) in [4.78, 5) is 12.2. The van der Waals surface area contributed by atoms with Gasteiger partial charge in [0, 0.05) is 24.5 Å². The summed E-state index contributed by atoms with van der Waals surface area (Å²) < 4.78 is 31.5. The molecule has 0 bridgehead atoms. The molecule has 2 aromatic rings. The molecule has 0 saturated heterocycles. The Hall–Kier alpha value is -2.25. The van der Waals surface area contributed by atoms with Gasteiger partial charge in [0.2, 0.25) is 15.9 Å². The third kappa shape index (κ3) is 8.07. The number of rotatable bonds is 12. The first-order valence-electron chi connectivity index (χ1n) is 10.4. The number of para-hydroxylation sites is 1. The highest BCUT2D eigenvalue weighted by Gasteiger charge is 2.19. The fourth-order valence-electron chi connectivity index (χ4n) is 3.30. The predicted molar refractivity (Wildman–Crippen MR) is 127 cm³/mol. The van der Waals surface area contributed by atoms with Crippen LogP contribution in [0.5, 0.6) is 5.75 Å². The summed E-state index contributed by atoms with van der Waals surface area (Å²) >= 11 is 6.04. The number of ether oxygens (including phenoxy) is 1. The van der Waals surface area contributed by atoms with Gasteiger partial charge in [0.05, 0.1) is 18.6 Å². The minimum absolute atomic E-state index is 0.0886. The molecule has 0 aliphatic rings. The van der Waals surface area contributed by atoms with Crippen LogP contribution in [0.25, 0.3) is 0 Å². The number of aryl methyl sites for hydroxylation is 2. The van der Waals surface area contributed by atoms with Crippen molar-refractivity contribution in [1.82, 2.24) is 5.32 Å². The second-order valence-corrected chi connectivity index (χ2v) is 9.71. The molecule has 2 rings (SSSR count). The van der Waals surface area contributed by atoms with E-state index in [1.54, 1.807) is 18.2 Å². The van der Waals surface area contributed by atoms with E-state index in [9.17, 15) is 13.2 Å². The smallest absolute Gasteiger partial charge is 0.232 e. The summed E-state index contributed by atoms with van der Waals surface area (Å²) in [6, 6.07) is 13.1. The van der Waals surface area contributed by atoms with Gasteiger partial charge in [-0.05, 0) is 62.4 Å². The highest BCUT2D eigenvalue weighted by Crippen LogP contribution is 2.26. The van der Waals surface area contributed by atoms with Crippen molar-refractivity contribution in [3.05, 3.63) is 58.6 Å². The quantitative estimate of drug-likeness (QED) is 0.472. The Balaban J connectivity index is 1.80. The predicted octanol–water partition coefficient (Wildman–Crippen LogP) is 4.34. The van der Waals surface area contributed by atoms with E-state index in [-0.39, 0.29) is 18.9 Å². The molecule has 0 radical (unpaired) electrons. The largest absolute Gasteiger partial charge is 0.494 e. The molecule has 0 spiro atoms. The molecule has 1 amide bonds. The van der Waals surface area contributed by atoms with Gasteiger partial charge in [0.15, 0.2) is 0 Å². The zero-order valence-electron chi connectivity index (χ0n) is 18.4. The lowest BCUT2D eigenvalue weighted by Gasteiger charge is -2.24. The van der Waals surface area contributed by atoms with E-state index in [4.69, 9.17) is 16.3 Å². The molecule has 31 heavy (non-hydrogen) atoms. The van der Waals surface area contributed by atoms with Gasteiger partial charge in [-0.3, -0.25) is 9.10 Å². The number of nitrogens with zero attached hydrogens (tertiary/aromatic N) is 1. The van der Waals surface area contributed by atoms with E-state index in [2.05, 4.69) is 5.32 Å². The summed E-state index contributed by atoms with van der Waals surface area (Å²) in [7, 11) is -3.48. The van der Waals surface area contributed by atoms with Gasteiger partial charge in [0.25, 0.3) is 0 Å². The number of nitrogens with one attached hydrogen (secondary N) is 1. The Kier molecular flexibility index (Phi) is 9.65. The average molecular weight is 467 g/mol. The van der Waals surface area contributed by atoms with Gasteiger partial charge in [-0.2, -0.15) is 0 Å². The van der Waals surface area contributed by atoms with Crippen molar-refractivity contribution in [3.8, 4) is 5.75 Å². The van der Waals surface area contributed by atoms with Crippen molar-refractivity contribution in [1.29, 1.82) is 0 Å². The van der Waals surface area contributed by atoms with Crippen molar-refractivity contribution in [2.75, 3.05) is 30.3 Å². The molecule has 6 nitrogen and oxygen atoms in total. The van der Waals surface area contributed by atoms with E-state index in [1.807, 2.05) is 38.1 Å². The minimum Gasteiger partial charge on any atom is -0.494 e. The van der Waals surface area contributed by atoms with Gasteiger partial charge < -0.3 is 10.1 Å². The molecule has 0 atom stereocenters. The Labute approximate surface area is 190 Å². The minimum atomic E-state index is -3.48. The molecule has 0 aliphatic heterocycles. The molecule has 170 valence electrons. The molecule has 0 heterocycles. The number of carbonyl (C=O) groups excluding carboxylic acids is 1. The highest BCUT2D eigenvalue weighted by atomic mass is 35.5. The number of carbonyl (C=O) groups is 1. The highest BCUT2D eigenvalue weighted by molar-refractivity contribution is 7.92. The van der Waals surface area contributed by atoms with Crippen LogP contribution in [0.1, 0.15) is 37.3 Å². The lowest BCUT2D eigenvalue weighted by atomic mass is 10.1. The zero-order valence-corrected chi connectivity index (χ0v) is 19.9. The Bertz CT molecular complexity index is 979. The monoisotopic (exact) mass is 466 g/mol. The third-order valence-electron chi connectivity index (χ3n) is 4.82. The van der Waals surface area contributed by atoms with Gasteiger partial charge in [0.1, 0.15) is 5.75 Å². The van der Waals surface area contributed by atoms with Crippen LogP contribution in [0, 0.1) is 6.92 Å². The van der Waals surface area contributed by atoms with Crippen LogP contribution < -0.4 is 14.4 Å². The van der Waals surface area contributed by atoms with Gasteiger partial charge in [-0.25, -0.2) is 8.42 Å². The first kappa shape index (κ1) is 25.0. The molecule has 0 saturated carbocycles. The molecular weight excluding hydrogens is 436 g/mol. The van der Waals surface area contributed by atoms with Gasteiger partial charge in [-0.1, -0.05) is 35.9 Å². The Morgan fingerprint density at radius 2 is 1.90 bits per heavy atom. The van der Waals surface area contributed by atoms with Crippen LogP contribution in [0.4, 0.5) is 5.69 Å². The first-order valence-corrected chi connectivity index (χ1v) is 12.7. The van der Waals surface area contributed by atoms with Crippen molar-refractivity contribution in [3.63, 3.8) is 0 Å². The lowest BCUT2D eigenvalue weighted by molar-refractivity contribution is -0.121. The maximum atomic E-state index is 12.3. The number of sulfonamides is 1. The van der Waals surface area contributed by atoms with Crippen molar-refractivity contribution in [2.24, 2.45) is 0 Å². The molecule has 0 fully saturated rings. The maximum Gasteiger partial charge on any atom is 0.232 e. The second-order valence-electron chi connectivity index (χ2n) is 7.36. The van der Waals surface area contributed by atoms with E-state index >= 15 is 0 Å². The van der Waals surface area contributed by atoms with Crippen LogP contribution in [-0.2, 0) is 21.2 Å². The number of halogens is 1. The SMILES string of the molecule is CCOc1ccccc1CCCNC(=O)CCCN(c1cc(Cl)ccc1C)S(C)(=O)=O. The molecule has 0 unspecified atom stereocenters. The number of hydrogen-bond acceptors (Lipinski definition) is 4. The van der Waals surface area contributed by atoms with E-state index in [0.717, 1.165) is 36.0 Å². The van der Waals surface area contributed by atoms with Crippen LogP contribution in [0.15, 0.2) is 42.5 Å². The van der Waals surface area contributed by atoms with Crippen LogP contribution in [-0.4, -0.2) is 40.3 Å². The maximum absolute atomic E-state index is 12.3. The average Bonchev–Trinajstić information content (AvgIpc) is 2.71. The Morgan fingerprint density at radius 1 is 1.16 bits per heavy atom. The van der Waals surface area contributed by atoms with Crippen LogP contribution in [0.2, 0.25) is 5.02 Å². The number of benzene rings is 2. The second kappa shape index (κ2) is 12.0. The third-order valence-corrected chi connectivity index (χ3v) is 6.24. The Morgan fingerprint density at radius 3 is 2.61 bits per heavy atom. The van der Waals surface area contributed by atoms with Crippen molar-refractivity contribution in [2.45, 2.75) is 39.5 Å². The van der Waals surface area contributed by atoms with Crippen LogP contribution in [0.3, 0.4) is 0 Å². The topological polar surface area (TPSA) is 75.7 Å². The summed E-state index contributed by atoms with van der Waals surface area (Å²) in [6.07, 6.45) is 3.44. The van der Waals surface area contributed by atoms with E-state index in [0.29, 0.717) is 30.3 Å². The van der Waals surface area contributed by atoms with Gasteiger partial charge >= 0.3 is 0 Å². The number of anilines is 1. The molecule has 0 aliphatic carbocycles. The molecule has 1 N–H and O–H groups in total. The normalized spacial score (nSPS) is 11.2. The number of amides is 1. The fraction of sp³-hybridized carbons (Fsp3) is 0.435. The van der Waals surface area contributed by atoms with E-state index in [1.165, 1.54) is 4.31 Å². The van der Waals surface area contributed by atoms with Crippen molar-refractivity contribution < 1.29 is 17.9 Å². The lowest BCUT2D eigenvalue weighted by Crippen LogP contribution is -2.32. The van der Waals surface area contributed by atoms with E-state index < -0.39 is 10.0 Å². The molecule has 0 aromatic heterocycles. The summed E-state index contributed by atoms with van der Waals surface area (Å²) in [5.74, 6) is 0.794. The number of hydrogen-bond donors (Lipinski definition) is 1.